The lowest BCUT2D eigenvalue weighted by Gasteiger charge is -2.04. The molecular formula is C11H16N2O3. The van der Waals surface area contributed by atoms with Gasteiger partial charge in [0.25, 0.3) is 5.69 Å². The van der Waals surface area contributed by atoms with Crippen molar-refractivity contribution in [3.05, 3.63) is 39.9 Å². The summed E-state index contributed by atoms with van der Waals surface area (Å²) in [5.41, 5.74) is 0.952. The van der Waals surface area contributed by atoms with Crippen LogP contribution in [0.25, 0.3) is 0 Å². The first-order valence-corrected chi connectivity index (χ1v) is 5.17. The number of hydrogen-bond acceptors (Lipinski definition) is 4. The summed E-state index contributed by atoms with van der Waals surface area (Å²) in [6.45, 7) is 2.13. The molecule has 0 aliphatic rings. The van der Waals surface area contributed by atoms with Crippen LogP contribution in [0, 0.1) is 10.1 Å². The van der Waals surface area contributed by atoms with E-state index in [0.717, 1.165) is 12.1 Å². The summed E-state index contributed by atoms with van der Waals surface area (Å²) in [6.07, 6.45) is 0.654. The second kappa shape index (κ2) is 6.92. The Kier molecular flexibility index (Phi) is 5.45. The van der Waals surface area contributed by atoms with Crippen LogP contribution in [-0.4, -0.2) is 31.7 Å². The van der Waals surface area contributed by atoms with Gasteiger partial charge in [0, 0.05) is 25.3 Å². The predicted octanol–water partition coefficient (Wildman–Crippen LogP) is 1.37. The molecule has 0 saturated carbocycles. The zero-order valence-corrected chi connectivity index (χ0v) is 9.31. The molecule has 0 spiro atoms. The summed E-state index contributed by atoms with van der Waals surface area (Å²) in [4.78, 5) is 10.4. The molecule has 0 aromatic heterocycles. The van der Waals surface area contributed by atoms with Gasteiger partial charge in [0.05, 0.1) is 11.5 Å². The lowest BCUT2D eigenvalue weighted by Crippen LogP contribution is -2.21. The summed E-state index contributed by atoms with van der Waals surface area (Å²) in [7, 11) is 1.64. The number of nitrogens with zero attached hydrogens (tertiary/aromatic N) is 1. The van der Waals surface area contributed by atoms with Crippen molar-refractivity contribution in [2.24, 2.45) is 0 Å². The first-order chi connectivity index (χ1) is 7.75. The lowest BCUT2D eigenvalue weighted by molar-refractivity contribution is -0.385. The van der Waals surface area contributed by atoms with Crippen molar-refractivity contribution in [2.75, 3.05) is 26.8 Å². The van der Waals surface area contributed by atoms with Crippen LogP contribution in [0.4, 0.5) is 5.69 Å². The van der Waals surface area contributed by atoms with E-state index in [9.17, 15) is 10.1 Å². The summed E-state index contributed by atoms with van der Waals surface area (Å²) in [5, 5.41) is 13.9. The molecule has 1 N–H and O–H groups in total. The molecule has 0 radical (unpaired) electrons. The first kappa shape index (κ1) is 12.6. The molecule has 0 saturated heterocycles. The average Bonchev–Trinajstić information content (AvgIpc) is 2.29. The third kappa shape index (κ3) is 3.96. The predicted molar refractivity (Wildman–Crippen MR) is 61.5 cm³/mol. The maximum atomic E-state index is 10.7. The number of methoxy groups -OCH3 is 1. The van der Waals surface area contributed by atoms with E-state index in [1.165, 1.54) is 6.07 Å². The molecule has 88 valence electrons. The number of ether oxygens (including phenoxy) is 1. The van der Waals surface area contributed by atoms with E-state index in [0.29, 0.717) is 19.6 Å². The summed E-state index contributed by atoms with van der Waals surface area (Å²) in [5.74, 6) is 0. The van der Waals surface area contributed by atoms with Gasteiger partial charge in [0.15, 0.2) is 0 Å². The van der Waals surface area contributed by atoms with Gasteiger partial charge in [-0.2, -0.15) is 0 Å². The SMILES string of the molecule is COCCNCCc1ccccc1[N+](=O)[O-]. The van der Waals surface area contributed by atoms with Gasteiger partial charge < -0.3 is 10.1 Å². The number of para-hydroxylation sites is 1. The fourth-order valence-corrected chi connectivity index (χ4v) is 1.42. The van der Waals surface area contributed by atoms with Gasteiger partial charge in [-0.05, 0) is 13.0 Å². The highest BCUT2D eigenvalue weighted by molar-refractivity contribution is 5.39. The van der Waals surface area contributed by atoms with Crippen molar-refractivity contribution in [3.8, 4) is 0 Å². The second-order valence-electron chi connectivity index (χ2n) is 3.38. The van der Waals surface area contributed by atoms with Gasteiger partial charge in [-0.3, -0.25) is 10.1 Å². The van der Waals surface area contributed by atoms with Crippen LogP contribution in [0.5, 0.6) is 0 Å². The molecular weight excluding hydrogens is 208 g/mol. The van der Waals surface area contributed by atoms with Crippen LogP contribution >= 0.6 is 0 Å². The Labute approximate surface area is 94.6 Å². The van der Waals surface area contributed by atoms with Gasteiger partial charge in [-0.15, -0.1) is 0 Å². The molecule has 1 rings (SSSR count). The maximum Gasteiger partial charge on any atom is 0.272 e. The van der Waals surface area contributed by atoms with Crippen LogP contribution in [0.1, 0.15) is 5.56 Å². The van der Waals surface area contributed by atoms with E-state index in [1.807, 2.05) is 6.07 Å². The highest BCUT2D eigenvalue weighted by atomic mass is 16.6. The Morgan fingerprint density at radius 2 is 2.12 bits per heavy atom. The first-order valence-electron chi connectivity index (χ1n) is 5.17. The van der Waals surface area contributed by atoms with Crippen LogP contribution in [0.2, 0.25) is 0 Å². The maximum absolute atomic E-state index is 10.7. The van der Waals surface area contributed by atoms with E-state index in [-0.39, 0.29) is 10.6 Å². The number of hydrogen-bond donors (Lipinski definition) is 1. The van der Waals surface area contributed by atoms with Crippen molar-refractivity contribution in [1.29, 1.82) is 0 Å². The van der Waals surface area contributed by atoms with Gasteiger partial charge >= 0.3 is 0 Å². The van der Waals surface area contributed by atoms with E-state index in [2.05, 4.69) is 5.32 Å². The van der Waals surface area contributed by atoms with Crippen molar-refractivity contribution < 1.29 is 9.66 Å². The van der Waals surface area contributed by atoms with Crippen LogP contribution < -0.4 is 5.32 Å². The van der Waals surface area contributed by atoms with Crippen LogP contribution in [0.3, 0.4) is 0 Å². The Morgan fingerprint density at radius 3 is 2.81 bits per heavy atom. The van der Waals surface area contributed by atoms with E-state index < -0.39 is 0 Å². The molecule has 0 bridgehead atoms. The molecule has 5 nitrogen and oxygen atoms in total. The third-order valence-corrected chi connectivity index (χ3v) is 2.24. The molecule has 16 heavy (non-hydrogen) atoms. The molecule has 1 aromatic carbocycles. The normalized spacial score (nSPS) is 10.3. The van der Waals surface area contributed by atoms with Gasteiger partial charge in [0.2, 0.25) is 0 Å². The number of nitro benzene ring substituents is 1. The van der Waals surface area contributed by atoms with Crippen molar-refractivity contribution in [3.63, 3.8) is 0 Å². The molecule has 0 amide bonds. The van der Waals surface area contributed by atoms with Crippen molar-refractivity contribution >= 4 is 5.69 Å². The summed E-state index contributed by atoms with van der Waals surface area (Å²) < 4.78 is 4.89. The fraction of sp³-hybridized carbons (Fsp3) is 0.455. The molecule has 1 aromatic rings. The Bertz CT molecular complexity index is 342. The van der Waals surface area contributed by atoms with Crippen LogP contribution in [0.15, 0.2) is 24.3 Å². The van der Waals surface area contributed by atoms with Gasteiger partial charge in [-0.1, -0.05) is 18.2 Å². The summed E-state index contributed by atoms with van der Waals surface area (Å²) in [6, 6.07) is 6.82. The minimum Gasteiger partial charge on any atom is -0.383 e. The quantitative estimate of drug-likeness (QED) is 0.431. The molecule has 0 unspecified atom stereocenters. The molecule has 0 fully saturated rings. The number of nitrogens with one attached hydrogen (secondary N) is 1. The Morgan fingerprint density at radius 1 is 1.38 bits per heavy atom. The monoisotopic (exact) mass is 224 g/mol. The molecule has 0 aliphatic carbocycles. The van der Waals surface area contributed by atoms with Gasteiger partial charge in [-0.25, -0.2) is 0 Å². The second-order valence-corrected chi connectivity index (χ2v) is 3.38. The smallest absolute Gasteiger partial charge is 0.272 e. The lowest BCUT2D eigenvalue weighted by atomic mass is 10.1. The topological polar surface area (TPSA) is 64.4 Å². The zero-order chi connectivity index (χ0) is 11.8. The van der Waals surface area contributed by atoms with Crippen molar-refractivity contribution in [2.45, 2.75) is 6.42 Å². The highest BCUT2D eigenvalue weighted by Gasteiger charge is 2.10. The van der Waals surface area contributed by atoms with E-state index >= 15 is 0 Å². The number of rotatable bonds is 7. The van der Waals surface area contributed by atoms with Crippen molar-refractivity contribution in [1.82, 2.24) is 5.32 Å². The minimum absolute atomic E-state index is 0.191. The number of nitro groups is 1. The standard InChI is InChI=1S/C11H16N2O3/c1-16-9-8-12-7-6-10-4-2-3-5-11(10)13(14)15/h2-5,12H,6-9H2,1H3. The Balaban J connectivity index is 2.44. The fourth-order valence-electron chi connectivity index (χ4n) is 1.42. The third-order valence-electron chi connectivity index (χ3n) is 2.24. The molecule has 0 atom stereocenters. The van der Waals surface area contributed by atoms with Gasteiger partial charge in [0.1, 0.15) is 0 Å². The van der Waals surface area contributed by atoms with E-state index in [1.54, 1.807) is 19.2 Å². The molecule has 5 heteroatoms. The highest BCUT2D eigenvalue weighted by Crippen LogP contribution is 2.17. The largest absolute Gasteiger partial charge is 0.383 e. The zero-order valence-electron chi connectivity index (χ0n) is 9.31. The minimum atomic E-state index is -0.343. The Hall–Kier alpha value is -1.46. The van der Waals surface area contributed by atoms with Crippen LogP contribution in [-0.2, 0) is 11.2 Å². The molecule has 0 aliphatic heterocycles. The molecule has 0 heterocycles. The summed E-state index contributed by atoms with van der Waals surface area (Å²) >= 11 is 0. The average molecular weight is 224 g/mol. The number of benzene rings is 1. The van der Waals surface area contributed by atoms with E-state index in [4.69, 9.17) is 4.74 Å².